The first-order valence-corrected chi connectivity index (χ1v) is 20.3. The van der Waals surface area contributed by atoms with Crippen molar-refractivity contribution in [2.75, 3.05) is 0 Å². The second kappa shape index (κ2) is 3.59. The molecular formula is I2P4S3. The van der Waals surface area contributed by atoms with Crippen molar-refractivity contribution in [1.82, 2.24) is 0 Å². The lowest BCUT2D eigenvalue weighted by molar-refractivity contribution is 5.17. The summed E-state index contributed by atoms with van der Waals surface area (Å²) >= 11 is 5.38. The minimum atomic E-state index is 0.374. The van der Waals surface area contributed by atoms with Gasteiger partial charge in [-0.05, 0) is 44.1 Å². The molecular weight excluding hydrogens is 474 g/mol. The van der Waals surface area contributed by atoms with Gasteiger partial charge in [0.15, 0.2) is 0 Å². The van der Waals surface area contributed by atoms with Crippen LogP contribution in [0.3, 0.4) is 0 Å². The number of halogens is 2. The molecule has 0 saturated heterocycles. The standard InChI is InChI=1S/I2P4S3/c1-3-5-4(2)8-6(7-3)9-5. The molecule has 2 heterocycles. The van der Waals surface area contributed by atoms with E-state index in [1.807, 2.05) is 0 Å². The van der Waals surface area contributed by atoms with Crippen molar-refractivity contribution in [2.24, 2.45) is 0 Å². The van der Waals surface area contributed by atoms with Crippen molar-refractivity contribution in [3.05, 3.63) is 0 Å². The van der Waals surface area contributed by atoms with Gasteiger partial charge in [0.25, 0.3) is 0 Å². The normalized spacial score (nSPS) is 19.3. The molecule has 0 aliphatic heterocycles. The van der Waals surface area contributed by atoms with E-state index in [1.165, 1.54) is 0 Å². The molecule has 9 heavy (non-hydrogen) atoms. The molecule has 0 aromatic carbocycles. The Kier molecular flexibility index (Phi) is 3.55. The molecule has 9 heteroatoms. The molecule has 52 valence electrons. The van der Waals surface area contributed by atoms with Crippen molar-refractivity contribution in [2.45, 2.75) is 0 Å². The fourth-order valence-electron chi connectivity index (χ4n) is 0.390. The summed E-state index contributed by atoms with van der Waals surface area (Å²) in [5, 5.41) is 0. The first-order chi connectivity index (χ1) is 4.27. The molecule has 0 aliphatic rings. The minimum Gasteiger partial charge on any atom is -0.0676 e. The molecule has 0 nitrogen and oxygen atoms in total. The maximum atomic E-state index is 2.69. The zero-order valence-corrected chi connectivity index (χ0v) is 14.1. The summed E-state index contributed by atoms with van der Waals surface area (Å²) in [4.78, 5) is 0.374. The Balaban J connectivity index is 2.96. The summed E-state index contributed by atoms with van der Waals surface area (Å²) in [6.45, 7) is 0. The van der Waals surface area contributed by atoms with Gasteiger partial charge in [-0.1, -0.05) is 31.6 Å². The zero-order chi connectivity index (χ0) is 6.43. The molecule has 2 bridgehead atoms. The van der Waals surface area contributed by atoms with E-state index >= 15 is 0 Å². The van der Waals surface area contributed by atoms with Gasteiger partial charge in [-0.3, -0.25) is 0 Å². The highest BCUT2D eigenvalue weighted by atomic mass is 127. The van der Waals surface area contributed by atoms with Crippen LogP contribution in [0.2, 0.25) is 0 Å². The third-order valence-corrected chi connectivity index (χ3v) is 74.0. The number of hydrogen-bond donors (Lipinski definition) is 0. The summed E-state index contributed by atoms with van der Waals surface area (Å²) in [6.07, 6.45) is 0. The Bertz CT molecular complexity index is 302. The molecule has 0 amide bonds. The molecule has 0 N–H and O–H groups in total. The van der Waals surface area contributed by atoms with Gasteiger partial charge in [0.1, 0.15) is 0 Å². The topological polar surface area (TPSA) is 0 Å². The van der Waals surface area contributed by atoms with E-state index in [4.69, 9.17) is 0 Å². The van der Waals surface area contributed by atoms with Gasteiger partial charge in [0.2, 0.25) is 0 Å². The predicted molar refractivity (Wildman–Crippen MR) is 75.8 cm³/mol. The number of fused-ring (bicyclic) bond motifs is 2. The molecule has 2 unspecified atom stereocenters. The molecule has 0 aliphatic carbocycles. The highest BCUT2D eigenvalue weighted by Gasteiger charge is 2.06. The van der Waals surface area contributed by atoms with Gasteiger partial charge in [-0.25, -0.2) is 0 Å². The monoisotopic (exact) mass is 474 g/mol. The smallest absolute Gasteiger partial charge is 0.0676 e. The average molecular weight is 474 g/mol. The van der Waals surface area contributed by atoms with Gasteiger partial charge >= 0.3 is 0 Å². The summed E-state index contributed by atoms with van der Waals surface area (Å²) in [7, 11) is 6.95. The van der Waals surface area contributed by atoms with E-state index in [0.29, 0.717) is 18.8 Å². The van der Waals surface area contributed by atoms with Crippen LogP contribution in [0.1, 0.15) is 0 Å². The fourth-order valence-corrected chi connectivity index (χ4v) is 139. The van der Waals surface area contributed by atoms with Gasteiger partial charge in [0.05, 0.1) is 4.88 Å². The van der Waals surface area contributed by atoms with Crippen LogP contribution in [0, 0.1) is 0 Å². The third kappa shape index (κ3) is 1.81. The summed E-state index contributed by atoms with van der Waals surface area (Å²) < 4.78 is 0.851. The average Bonchev–Trinajstić information content (AvgIpc) is 2.22. The van der Waals surface area contributed by atoms with E-state index < -0.39 is 0 Å². The van der Waals surface area contributed by atoms with Crippen LogP contribution in [0.5, 0.6) is 0 Å². The molecule has 0 fully saturated rings. The van der Waals surface area contributed by atoms with Crippen molar-refractivity contribution in [1.29, 1.82) is 0 Å². The van der Waals surface area contributed by atoms with Gasteiger partial charge in [-0.15, -0.1) is 0 Å². The number of hydrogen-bond acceptors (Lipinski definition) is 3. The zero-order valence-electron chi connectivity index (χ0n) is 3.77. The Hall–Kier alpha value is 3.32. The maximum absolute atomic E-state index is 2.69. The molecule has 2 aromatic heterocycles. The van der Waals surface area contributed by atoms with Crippen LogP contribution in [0.4, 0.5) is 0 Å². The first kappa shape index (κ1) is 8.90. The van der Waals surface area contributed by atoms with Crippen molar-refractivity contribution in [3.8, 4) is 0 Å². The van der Waals surface area contributed by atoms with Gasteiger partial charge in [0, 0.05) is 13.9 Å². The lowest BCUT2D eigenvalue weighted by Crippen LogP contribution is -1.05. The summed E-state index contributed by atoms with van der Waals surface area (Å²) in [5.74, 6) is 0.483. The largest absolute Gasteiger partial charge is 0.0835 e. The third-order valence-electron chi connectivity index (χ3n) is 0.677. The fraction of sp³-hybridized carbons (Fsp3) is 0. The highest BCUT2D eigenvalue weighted by Crippen LogP contribution is 2.85. The molecule has 0 radical (unpaired) electrons. The Labute approximate surface area is 92.7 Å². The quantitative estimate of drug-likeness (QED) is 0.358. The van der Waals surface area contributed by atoms with E-state index in [2.05, 4.69) is 75.7 Å². The Morgan fingerprint density at radius 3 is 1.67 bits per heavy atom. The van der Waals surface area contributed by atoms with E-state index in [1.54, 1.807) is 0 Å². The summed E-state index contributed by atoms with van der Waals surface area (Å²) in [6, 6.07) is 0. The molecule has 2 atom stereocenters. The second-order valence-electron chi connectivity index (χ2n) is 1.17. The molecule has 2 aromatic rings. The van der Waals surface area contributed by atoms with Crippen molar-refractivity contribution in [3.63, 3.8) is 0 Å². The van der Waals surface area contributed by atoms with Crippen LogP contribution >= 0.6 is 94.5 Å². The van der Waals surface area contributed by atoms with E-state index in [9.17, 15) is 0 Å². The van der Waals surface area contributed by atoms with Crippen LogP contribution in [0.15, 0.2) is 0 Å². The van der Waals surface area contributed by atoms with Crippen LogP contribution in [-0.2, 0) is 0 Å². The maximum Gasteiger partial charge on any atom is 0.0835 e. The summed E-state index contributed by atoms with van der Waals surface area (Å²) in [5.41, 5.74) is 0. The van der Waals surface area contributed by atoms with E-state index in [0.717, 1.165) is 0 Å². The lowest BCUT2D eigenvalue weighted by atomic mass is 29.5. The predicted octanol–water partition coefficient (Wildman–Crippen LogP) is 7.09. The first-order valence-electron chi connectivity index (χ1n) is 1.83. The van der Waals surface area contributed by atoms with Gasteiger partial charge < -0.3 is 0 Å². The SMILES string of the molecule is Ip1sp2sp(I)p1s2. The second-order valence-corrected chi connectivity index (χ2v) is 41.3. The van der Waals surface area contributed by atoms with Gasteiger partial charge in [-0.2, -0.15) is 0 Å². The number of rotatable bonds is 0. The molecule has 0 spiro atoms. The highest BCUT2D eigenvalue weighted by molar-refractivity contribution is 14.2. The van der Waals surface area contributed by atoms with E-state index in [-0.39, 0.29) is 0 Å². The minimum absolute atomic E-state index is 0.374. The van der Waals surface area contributed by atoms with Crippen LogP contribution in [0.25, 0.3) is 0 Å². The molecule has 2 rings (SSSR count). The Morgan fingerprint density at radius 1 is 0.889 bits per heavy atom. The lowest BCUT2D eigenvalue weighted by Gasteiger charge is -1.84. The van der Waals surface area contributed by atoms with Crippen molar-refractivity contribution < 1.29 is 0 Å². The van der Waals surface area contributed by atoms with Crippen LogP contribution in [-0.4, -0.2) is 0 Å². The van der Waals surface area contributed by atoms with Crippen LogP contribution < -0.4 is 0 Å². The molecule has 0 saturated carbocycles. The Morgan fingerprint density at radius 2 is 1.44 bits per heavy atom. The van der Waals surface area contributed by atoms with Crippen molar-refractivity contribution >= 4 is 94.5 Å².